The summed E-state index contributed by atoms with van der Waals surface area (Å²) in [6.45, 7) is 11.1. The number of amides is 1. The van der Waals surface area contributed by atoms with Gasteiger partial charge in [0.2, 0.25) is 5.91 Å². The normalized spacial score (nSPS) is 25.8. The van der Waals surface area contributed by atoms with E-state index < -0.39 is 0 Å². The molecule has 1 rings (SSSR count). The van der Waals surface area contributed by atoms with Gasteiger partial charge in [-0.2, -0.15) is 5.26 Å². The van der Waals surface area contributed by atoms with Crippen molar-refractivity contribution in [1.29, 1.82) is 5.26 Å². The third-order valence-corrected chi connectivity index (χ3v) is 3.23. The first-order chi connectivity index (χ1) is 7.61. The monoisotopic (exact) mass is 237 g/mol. The number of hydrogen-bond acceptors (Lipinski definition) is 3. The summed E-state index contributed by atoms with van der Waals surface area (Å²) in [5.74, 6) is 0.0674. The minimum Gasteiger partial charge on any atom is -0.330 e. The largest absolute Gasteiger partial charge is 0.330 e. The van der Waals surface area contributed by atoms with Crippen LogP contribution in [0.15, 0.2) is 0 Å². The Morgan fingerprint density at radius 3 is 2.41 bits per heavy atom. The molecule has 0 saturated carbocycles. The summed E-state index contributed by atoms with van der Waals surface area (Å²) >= 11 is 0. The van der Waals surface area contributed by atoms with Gasteiger partial charge in [0.05, 0.1) is 18.0 Å². The Labute approximate surface area is 104 Å². The van der Waals surface area contributed by atoms with Crippen LogP contribution in [0.1, 0.15) is 41.0 Å². The van der Waals surface area contributed by atoms with Crippen LogP contribution in [-0.2, 0) is 4.79 Å². The molecular formula is C13H23N3O. The van der Waals surface area contributed by atoms with Gasteiger partial charge in [0.25, 0.3) is 0 Å². The SMILES string of the molecule is CN1CC(C)(C)N(C(C)(C)C)C(=O)C1CC#N. The van der Waals surface area contributed by atoms with E-state index >= 15 is 0 Å². The van der Waals surface area contributed by atoms with Crippen molar-refractivity contribution in [2.24, 2.45) is 0 Å². The van der Waals surface area contributed by atoms with Gasteiger partial charge in [-0.3, -0.25) is 9.69 Å². The molecule has 0 radical (unpaired) electrons. The maximum atomic E-state index is 12.5. The van der Waals surface area contributed by atoms with Gasteiger partial charge in [0.1, 0.15) is 6.04 Å². The van der Waals surface area contributed by atoms with E-state index in [4.69, 9.17) is 5.26 Å². The van der Waals surface area contributed by atoms with Crippen LogP contribution in [0.3, 0.4) is 0 Å². The van der Waals surface area contributed by atoms with Gasteiger partial charge in [0.15, 0.2) is 0 Å². The third kappa shape index (κ3) is 2.61. The molecule has 1 unspecified atom stereocenters. The van der Waals surface area contributed by atoms with E-state index in [1.807, 2.05) is 37.6 Å². The predicted octanol–water partition coefficient (Wildman–Crippen LogP) is 1.62. The molecule has 1 fully saturated rings. The van der Waals surface area contributed by atoms with E-state index in [-0.39, 0.29) is 29.4 Å². The maximum absolute atomic E-state index is 12.5. The van der Waals surface area contributed by atoms with Crippen molar-refractivity contribution >= 4 is 5.91 Å². The maximum Gasteiger partial charge on any atom is 0.241 e. The Kier molecular flexibility index (Phi) is 3.54. The highest BCUT2D eigenvalue weighted by Crippen LogP contribution is 2.32. The lowest BCUT2D eigenvalue weighted by atomic mass is 9.88. The fourth-order valence-corrected chi connectivity index (χ4v) is 3.00. The molecule has 17 heavy (non-hydrogen) atoms. The summed E-state index contributed by atoms with van der Waals surface area (Å²) in [6, 6.07) is 1.81. The lowest BCUT2D eigenvalue weighted by Gasteiger charge is -2.54. The highest BCUT2D eigenvalue weighted by molar-refractivity contribution is 5.84. The minimum atomic E-state index is -0.299. The van der Waals surface area contributed by atoms with Crippen molar-refractivity contribution in [3.8, 4) is 6.07 Å². The summed E-state index contributed by atoms with van der Waals surface area (Å²) in [7, 11) is 1.92. The van der Waals surface area contributed by atoms with Crippen LogP contribution in [0.5, 0.6) is 0 Å². The predicted molar refractivity (Wildman–Crippen MR) is 67.3 cm³/mol. The van der Waals surface area contributed by atoms with Crippen LogP contribution in [0.4, 0.5) is 0 Å². The lowest BCUT2D eigenvalue weighted by Crippen LogP contribution is -2.69. The molecule has 1 saturated heterocycles. The van der Waals surface area contributed by atoms with E-state index in [0.717, 1.165) is 6.54 Å². The first-order valence-corrected chi connectivity index (χ1v) is 6.02. The average molecular weight is 237 g/mol. The number of nitrogens with zero attached hydrogens (tertiary/aromatic N) is 3. The Balaban J connectivity index is 3.10. The van der Waals surface area contributed by atoms with E-state index in [9.17, 15) is 4.79 Å². The van der Waals surface area contributed by atoms with E-state index in [1.165, 1.54) is 0 Å². The molecule has 1 heterocycles. The Morgan fingerprint density at radius 1 is 1.47 bits per heavy atom. The van der Waals surface area contributed by atoms with Crippen molar-refractivity contribution < 1.29 is 4.79 Å². The minimum absolute atomic E-state index is 0.0674. The second kappa shape index (κ2) is 4.30. The molecule has 0 N–H and O–H groups in total. The van der Waals surface area contributed by atoms with Crippen molar-refractivity contribution in [2.75, 3.05) is 13.6 Å². The van der Waals surface area contributed by atoms with Crippen molar-refractivity contribution in [3.63, 3.8) is 0 Å². The number of nitriles is 1. The van der Waals surface area contributed by atoms with Gasteiger partial charge in [-0.25, -0.2) is 0 Å². The van der Waals surface area contributed by atoms with Gasteiger partial charge in [0, 0.05) is 12.1 Å². The molecule has 0 aromatic carbocycles. The summed E-state index contributed by atoms with van der Waals surface area (Å²) in [5, 5.41) is 8.83. The summed E-state index contributed by atoms with van der Waals surface area (Å²) in [6.07, 6.45) is 0.262. The highest BCUT2D eigenvalue weighted by Gasteiger charge is 2.47. The fraction of sp³-hybridized carbons (Fsp3) is 0.846. The summed E-state index contributed by atoms with van der Waals surface area (Å²) < 4.78 is 0. The van der Waals surface area contributed by atoms with Gasteiger partial charge in [-0.15, -0.1) is 0 Å². The van der Waals surface area contributed by atoms with Crippen molar-refractivity contribution in [1.82, 2.24) is 9.80 Å². The molecular weight excluding hydrogens is 214 g/mol. The topological polar surface area (TPSA) is 47.3 Å². The average Bonchev–Trinajstić information content (AvgIpc) is 2.07. The molecule has 0 bridgehead atoms. The second-order valence-corrected chi connectivity index (χ2v) is 6.45. The van der Waals surface area contributed by atoms with Gasteiger partial charge >= 0.3 is 0 Å². The number of rotatable bonds is 1. The molecule has 1 atom stereocenters. The second-order valence-electron chi connectivity index (χ2n) is 6.45. The molecule has 4 nitrogen and oxygen atoms in total. The van der Waals surface area contributed by atoms with Crippen LogP contribution < -0.4 is 0 Å². The van der Waals surface area contributed by atoms with Crippen LogP contribution in [-0.4, -0.2) is 46.4 Å². The number of carbonyl (C=O) groups is 1. The molecule has 0 spiro atoms. The van der Waals surface area contributed by atoms with Gasteiger partial charge in [-0.05, 0) is 41.7 Å². The van der Waals surface area contributed by atoms with E-state index in [2.05, 4.69) is 19.9 Å². The number of hydrogen-bond donors (Lipinski definition) is 0. The first-order valence-electron chi connectivity index (χ1n) is 6.02. The number of carbonyl (C=O) groups excluding carboxylic acids is 1. The van der Waals surface area contributed by atoms with E-state index in [0.29, 0.717) is 0 Å². The van der Waals surface area contributed by atoms with E-state index in [1.54, 1.807) is 0 Å². The molecule has 96 valence electrons. The summed E-state index contributed by atoms with van der Waals surface area (Å²) in [5.41, 5.74) is -0.411. The number of piperazine rings is 1. The summed E-state index contributed by atoms with van der Waals surface area (Å²) in [4.78, 5) is 16.4. The Bertz CT molecular complexity index is 349. The highest BCUT2D eigenvalue weighted by atomic mass is 16.2. The number of likely N-dealkylation sites (N-methyl/N-ethyl adjacent to an activating group) is 1. The Morgan fingerprint density at radius 2 is 2.00 bits per heavy atom. The molecule has 0 aromatic rings. The third-order valence-electron chi connectivity index (χ3n) is 3.23. The van der Waals surface area contributed by atoms with Crippen LogP contribution in [0, 0.1) is 11.3 Å². The van der Waals surface area contributed by atoms with Gasteiger partial charge < -0.3 is 4.90 Å². The standard InChI is InChI=1S/C13H23N3O/c1-12(2,3)16-11(17)10(7-8-14)15(6)9-13(16,4)5/h10H,7,9H2,1-6H3. The fourth-order valence-electron chi connectivity index (χ4n) is 3.00. The van der Waals surface area contributed by atoms with Crippen molar-refractivity contribution in [2.45, 2.75) is 58.2 Å². The molecule has 1 aliphatic rings. The zero-order valence-electron chi connectivity index (χ0n) is 11.7. The molecule has 0 aromatic heterocycles. The smallest absolute Gasteiger partial charge is 0.241 e. The van der Waals surface area contributed by atoms with Gasteiger partial charge in [-0.1, -0.05) is 0 Å². The Hall–Kier alpha value is -1.08. The molecule has 4 heteroatoms. The van der Waals surface area contributed by atoms with Crippen LogP contribution >= 0.6 is 0 Å². The first kappa shape index (κ1) is 14.0. The lowest BCUT2D eigenvalue weighted by molar-refractivity contribution is -0.159. The zero-order valence-corrected chi connectivity index (χ0v) is 11.7. The van der Waals surface area contributed by atoms with Crippen LogP contribution in [0.25, 0.3) is 0 Å². The molecule has 0 aliphatic carbocycles. The molecule has 1 aliphatic heterocycles. The van der Waals surface area contributed by atoms with Crippen molar-refractivity contribution in [3.05, 3.63) is 0 Å². The van der Waals surface area contributed by atoms with Crippen LogP contribution in [0.2, 0.25) is 0 Å². The molecule has 1 amide bonds. The zero-order chi connectivity index (χ0) is 13.4. The quantitative estimate of drug-likeness (QED) is 0.696.